The summed E-state index contributed by atoms with van der Waals surface area (Å²) in [6, 6.07) is 5.14. The predicted octanol–water partition coefficient (Wildman–Crippen LogP) is 1.73. The van der Waals surface area contributed by atoms with Crippen LogP contribution in [0.4, 0.5) is 0 Å². The van der Waals surface area contributed by atoms with E-state index >= 15 is 0 Å². The molecule has 0 spiro atoms. The number of phenolic OH excluding ortho intramolecular Hbond substituents is 1. The number of methoxy groups -OCH3 is 1. The molecule has 0 saturated heterocycles. The summed E-state index contributed by atoms with van der Waals surface area (Å²) in [6.45, 7) is 2.96. The van der Waals surface area contributed by atoms with Gasteiger partial charge in [0.1, 0.15) is 18.1 Å². The first-order valence-corrected chi connectivity index (χ1v) is 4.15. The maximum absolute atomic E-state index is 9.24. The van der Waals surface area contributed by atoms with E-state index in [9.17, 15) is 5.11 Å². The third-order valence-corrected chi connectivity index (χ3v) is 1.59. The maximum Gasteiger partial charge on any atom is 0.123 e. The van der Waals surface area contributed by atoms with Crippen molar-refractivity contribution < 1.29 is 14.6 Å². The Balaban J connectivity index is 2.56. The molecule has 0 unspecified atom stereocenters. The number of aromatic hydroxyl groups is 1. The van der Waals surface area contributed by atoms with E-state index in [2.05, 4.69) is 0 Å². The van der Waals surface area contributed by atoms with E-state index in [0.717, 1.165) is 5.56 Å². The molecule has 0 bridgehead atoms. The molecule has 3 heteroatoms. The molecule has 1 aromatic carbocycles. The Morgan fingerprint density at radius 2 is 2.00 bits per heavy atom. The molecule has 0 aromatic heterocycles. The molecular formula is C10H14O3. The fourth-order valence-electron chi connectivity index (χ4n) is 1.05. The van der Waals surface area contributed by atoms with Gasteiger partial charge in [0, 0.05) is 13.2 Å². The van der Waals surface area contributed by atoms with Crippen LogP contribution in [0, 0.1) is 6.92 Å². The van der Waals surface area contributed by atoms with Gasteiger partial charge in [-0.2, -0.15) is 0 Å². The van der Waals surface area contributed by atoms with Crippen molar-refractivity contribution >= 4 is 0 Å². The van der Waals surface area contributed by atoms with Crippen LogP contribution in [0.1, 0.15) is 5.56 Å². The normalized spacial score (nSPS) is 10.0. The van der Waals surface area contributed by atoms with Crippen molar-refractivity contribution in [2.45, 2.75) is 6.92 Å². The second-order valence-electron chi connectivity index (χ2n) is 2.85. The molecule has 0 aliphatic carbocycles. The molecular weight excluding hydrogens is 168 g/mol. The summed E-state index contributed by atoms with van der Waals surface area (Å²) < 4.78 is 10.2. The smallest absolute Gasteiger partial charge is 0.123 e. The topological polar surface area (TPSA) is 38.7 Å². The van der Waals surface area contributed by atoms with Crippen molar-refractivity contribution in [3.8, 4) is 11.5 Å². The summed E-state index contributed by atoms with van der Waals surface area (Å²) in [6.07, 6.45) is 0. The minimum atomic E-state index is 0.229. The Bertz CT molecular complexity index is 251. The molecule has 72 valence electrons. The summed E-state index contributed by atoms with van der Waals surface area (Å²) in [4.78, 5) is 0. The summed E-state index contributed by atoms with van der Waals surface area (Å²) in [5.74, 6) is 0.905. The summed E-state index contributed by atoms with van der Waals surface area (Å²) in [7, 11) is 1.62. The third-order valence-electron chi connectivity index (χ3n) is 1.59. The van der Waals surface area contributed by atoms with Gasteiger partial charge < -0.3 is 14.6 Å². The van der Waals surface area contributed by atoms with Gasteiger partial charge in [0.05, 0.1) is 6.61 Å². The van der Waals surface area contributed by atoms with Crippen LogP contribution < -0.4 is 4.74 Å². The molecule has 0 atom stereocenters. The van der Waals surface area contributed by atoms with Crippen LogP contribution in [0.15, 0.2) is 18.2 Å². The molecule has 0 aliphatic rings. The number of phenols is 1. The Morgan fingerprint density at radius 3 is 2.62 bits per heavy atom. The molecule has 1 N–H and O–H groups in total. The lowest BCUT2D eigenvalue weighted by Crippen LogP contribution is -2.04. The third kappa shape index (κ3) is 3.34. The largest absolute Gasteiger partial charge is 0.508 e. The molecule has 0 radical (unpaired) electrons. The zero-order chi connectivity index (χ0) is 9.68. The van der Waals surface area contributed by atoms with Crippen molar-refractivity contribution in [2.24, 2.45) is 0 Å². The van der Waals surface area contributed by atoms with Gasteiger partial charge >= 0.3 is 0 Å². The second-order valence-corrected chi connectivity index (χ2v) is 2.85. The number of hydrogen-bond donors (Lipinski definition) is 1. The minimum Gasteiger partial charge on any atom is -0.508 e. The van der Waals surface area contributed by atoms with Crippen LogP contribution in [0.2, 0.25) is 0 Å². The highest BCUT2D eigenvalue weighted by Crippen LogP contribution is 2.20. The SMILES string of the molecule is COCCOc1cc(C)cc(O)c1. The zero-order valence-corrected chi connectivity index (χ0v) is 7.91. The zero-order valence-electron chi connectivity index (χ0n) is 7.91. The molecule has 1 aromatic rings. The highest BCUT2D eigenvalue weighted by Gasteiger charge is 1.97. The van der Waals surface area contributed by atoms with E-state index in [1.807, 2.05) is 13.0 Å². The minimum absolute atomic E-state index is 0.229. The molecule has 0 aliphatic heterocycles. The van der Waals surface area contributed by atoms with Gasteiger partial charge in [0.2, 0.25) is 0 Å². The van der Waals surface area contributed by atoms with Gasteiger partial charge in [-0.05, 0) is 24.6 Å². The van der Waals surface area contributed by atoms with Crippen LogP contribution in [0.5, 0.6) is 11.5 Å². The molecule has 0 heterocycles. The van der Waals surface area contributed by atoms with Crippen molar-refractivity contribution in [3.63, 3.8) is 0 Å². The Labute approximate surface area is 77.9 Å². The van der Waals surface area contributed by atoms with Crippen LogP contribution in [0.25, 0.3) is 0 Å². The average Bonchev–Trinajstić information content (AvgIpc) is 2.03. The summed E-state index contributed by atoms with van der Waals surface area (Å²) >= 11 is 0. The molecule has 13 heavy (non-hydrogen) atoms. The first-order chi connectivity index (χ1) is 6.22. The average molecular weight is 182 g/mol. The van der Waals surface area contributed by atoms with E-state index in [-0.39, 0.29) is 5.75 Å². The van der Waals surface area contributed by atoms with E-state index in [4.69, 9.17) is 9.47 Å². The predicted molar refractivity (Wildman–Crippen MR) is 50.2 cm³/mol. The van der Waals surface area contributed by atoms with Crippen LogP contribution in [0.3, 0.4) is 0 Å². The highest BCUT2D eigenvalue weighted by atomic mass is 16.5. The van der Waals surface area contributed by atoms with Gasteiger partial charge in [-0.3, -0.25) is 0 Å². The van der Waals surface area contributed by atoms with Gasteiger partial charge in [-0.15, -0.1) is 0 Å². The maximum atomic E-state index is 9.24. The lowest BCUT2D eigenvalue weighted by atomic mass is 10.2. The van der Waals surface area contributed by atoms with Crippen molar-refractivity contribution in [2.75, 3.05) is 20.3 Å². The van der Waals surface area contributed by atoms with Gasteiger partial charge in [0.15, 0.2) is 0 Å². The molecule has 1 rings (SSSR count). The fraction of sp³-hybridized carbons (Fsp3) is 0.400. The summed E-state index contributed by atoms with van der Waals surface area (Å²) in [5, 5.41) is 9.24. The second kappa shape index (κ2) is 4.72. The highest BCUT2D eigenvalue weighted by molar-refractivity contribution is 5.36. The quantitative estimate of drug-likeness (QED) is 0.720. The standard InChI is InChI=1S/C10H14O3/c1-8-5-9(11)7-10(6-8)13-4-3-12-2/h5-7,11H,3-4H2,1-2H3. The Morgan fingerprint density at radius 1 is 1.23 bits per heavy atom. The first kappa shape index (κ1) is 9.86. The lowest BCUT2D eigenvalue weighted by Gasteiger charge is -2.06. The van der Waals surface area contributed by atoms with Crippen LogP contribution in [-0.2, 0) is 4.74 Å². The summed E-state index contributed by atoms with van der Waals surface area (Å²) in [5.41, 5.74) is 0.979. The van der Waals surface area contributed by atoms with E-state index < -0.39 is 0 Å². The number of ether oxygens (including phenoxy) is 2. The van der Waals surface area contributed by atoms with Gasteiger partial charge in [-0.25, -0.2) is 0 Å². The monoisotopic (exact) mass is 182 g/mol. The fourth-order valence-corrected chi connectivity index (χ4v) is 1.05. The first-order valence-electron chi connectivity index (χ1n) is 4.15. The molecule has 3 nitrogen and oxygen atoms in total. The number of aryl methyl sites for hydroxylation is 1. The number of benzene rings is 1. The molecule has 0 amide bonds. The number of hydrogen-bond acceptors (Lipinski definition) is 3. The molecule has 0 fully saturated rings. The van der Waals surface area contributed by atoms with E-state index in [1.54, 1.807) is 19.2 Å². The van der Waals surface area contributed by atoms with Gasteiger partial charge in [-0.1, -0.05) is 0 Å². The van der Waals surface area contributed by atoms with Crippen molar-refractivity contribution in [3.05, 3.63) is 23.8 Å². The van der Waals surface area contributed by atoms with E-state index in [1.165, 1.54) is 0 Å². The van der Waals surface area contributed by atoms with Gasteiger partial charge in [0.25, 0.3) is 0 Å². The Kier molecular flexibility index (Phi) is 3.58. The van der Waals surface area contributed by atoms with Crippen LogP contribution in [-0.4, -0.2) is 25.4 Å². The lowest BCUT2D eigenvalue weighted by molar-refractivity contribution is 0.146. The number of rotatable bonds is 4. The van der Waals surface area contributed by atoms with E-state index in [0.29, 0.717) is 19.0 Å². The van der Waals surface area contributed by atoms with Crippen molar-refractivity contribution in [1.82, 2.24) is 0 Å². The van der Waals surface area contributed by atoms with Crippen LogP contribution >= 0.6 is 0 Å². The molecule has 0 saturated carbocycles. The Hall–Kier alpha value is -1.22. The van der Waals surface area contributed by atoms with Crippen molar-refractivity contribution in [1.29, 1.82) is 0 Å².